The molecule has 0 amide bonds. The molecule has 17 heavy (non-hydrogen) atoms. The van der Waals surface area contributed by atoms with Gasteiger partial charge < -0.3 is 5.11 Å². The average Bonchev–Trinajstić information content (AvgIpc) is 2.61. The third-order valence-corrected chi connectivity index (χ3v) is 5.34. The molecule has 0 aliphatic heterocycles. The topological polar surface area (TPSA) is 83.5 Å². The predicted molar refractivity (Wildman–Crippen MR) is 66.1 cm³/mol. The third-order valence-electron chi connectivity index (χ3n) is 2.18. The molecule has 0 fully saturated rings. The molecule has 1 aromatic rings. The van der Waals surface area contributed by atoms with Gasteiger partial charge in [-0.15, -0.1) is 11.3 Å². The van der Waals surface area contributed by atoms with Crippen LogP contribution in [0.2, 0.25) is 0 Å². The number of sulfonamides is 1. The molecule has 0 saturated heterocycles. The molecule has 0 aliphatic carbocycles. The van der Waals surface area contributed by atoms with E-state index < -0.39 is 16.0 Å². The van der Waals surface area contributed by atoms with E-state index in [1.807, 2.05) is 6.92 Å². The lowest BCUT2D eigenvalue weighted by molar-refractivity contribution is 0.0701. The van der Waals surface area contributed by atoms with Crippen molar-refractivity contribution < 1.29 is 18.3 Å². The second kappa shape index (κ2) is 5.61. The Kier molecular flexibility index (Phi) is 4.67. The minimum absolute atomic E-state index is 0.0588. The highest BCUT2D eigenvalue weighted by Gasteiger charge is 2.20. The van der Waals surface area contributed by atoms with Crippen LogP contribution < -0.4 is 4.72 Å². The quantitative estimate of drug-likeness (QED) is 0.777. The Balaban J connectivity index is 2.92. The lowest BCUT2D eigenvalue weighted by Crippen LogP contribution is -2.23. The van der Waals surface area contributed by atoms with Crippen LogP contribution in [0.4, 0.5) is 0 Å². The summed E-state index contributed by atoms with van der Waals surface area (Å²) in [6.45, 7) is 3.93. The van der Waals surface area contributed by atoms with E-state index in [0.717, 1.165) is 24.2 Å². The molecule has 1 aromatic heterocycles. The summed E-state index contributed by atoms with van der Waals surface area (Å²) >= 11 is 0.783. The number of carboxylic acids is 1. The third kappa shape index (κ3) is 3.52. The first-order valence-corrected chi connectivity index (χ1v) is 7.52. The maximum Gasteiger partial charge on any atom is 0.346 e. The van der Waals surface area contributed by atoms with Gasteiger partial charge in [0.1, 0.15) is 9.09 Å². The van der Waals surface area contributed by atoms with Gasteiger partial charge >= 0.3 is 5.97 Å². The maximum absolute atomic E-state index is 11.8. The van der Waals surface area contributed by atoms with Gasteiger partial charge in [0.15, 0.2) is 0 Å². The zero-order valence-electron chi connectivity index (χ0n) is 9.69. The summed E-state index contributed by atoms with van der Waals surface area (Å²) in [6, 6.07) is 1.39. The molecule has 0 radical (unpaired) electrons. The molecule has 0 aliphatic rings. The standard InChI is InChI=1S/C10H15NO4S2/c1-3-4-5-11-17(14,15)8-6-7(2)9(16-8)10(12)13/h6,11H,3-5H2,1-2H3,(H,12,13). The van der Waals surface area contributed by atoms with E-state index in [0.29, 0.717) is 12.1 Å². The highest BCUT2D eigenvalue weighted by molar-refractivity contribution is 7.91. The fraction of sp³-hybridized carbons (Fsp3) is 0.500. The van der Waals surface area contributed by atoms with Gasteiger partial charge in [-0.3, -0.25) is 0 Å². The lowest BCUT2D eigenvalue weighted by Gasteiger charge is -2.02. The normalized spacial score (nSPS) is 11.6. The number of thiophene rings is 1. The van der Waals surface area contributed by atoms with Gasteiger partial charge in [0.05, 0.1) is 0 Å². The van der Waals surface area contributed by atoms with E-state index in [4.69, 9.17) is 5.11 Å². The number of carboxylic acid groups (broad SMARTS) is 1. The van der Waals surface area contributed by atoms with Gasteiger partial charge in [-0.05, 0) is 25.0 Å². The van der Waals surface area contributed by atoms with E-state index in [1.54, 1.807) is 6.92 Å². The van der Waals surface area contributed by atoms with Gasteiger partial charge in [0.2, 0.25) is 10.0 Å². The van der Waals surface area contributed by atoms with Gasteiger partial charge in [-0.2, -0.15) is 0 Å². The molecule has 0 aromatic carbocycles. The maximum atomic E-state index is 11.8. The van der Waals surface area contributed by atoms with Crippen LogP contribution in [0, 0.1) is 6.92 Å². The molecular formula is C10H15NO4S2. The Morgan fingerprint density at radius 3 is 2.65 bits per heavy atom. The number of hydrogen-bond donors (Lipinski definition) is 2. The van der Waals surface area contributed by atoms with Gasteiger partial charge in [-0.25, -0.2) is 17.9 Å². The van der Waals surface area contributed by atoms with E-state index in [1.165, 1.54) is 6.07 Å². The van der Waals surface area contributed by atoms with E-state index in [2.05, 4.69) is 4.72 Å². The molecule has 0 bridgehead atoms. The van der Waals surface area contributed by atoms with Gasteiger partial charge in [0, 0.05) is 6.54 Å². The van der Waals surface area contributed by atoms with Crippen LogP contribution in [0.5, 0.6) is 0 Å². The monoisotopic (exact) mass is 277 g/mol. The minimum Gasteiger partial charge on any atom is -0.477 e. The van der Waals surface area contributed by atoms with Crippen molar-refractivity contribution in [3.63, 3.8) is 0 Å². The summed E-state index contributed by atoms with van der Waals surface area (Å²) in [5, 5.41) is 8.85. The number of nitrogens with one attached hydrogen (secondary N) is 1. The molecule has 0 saturated carbocycles. The van der Waals surface area contributed by atoms with Crippen molar-refractivity contribution in [2.45, 2.75) is 30.9 Å². The van der Waals surface area contributed by atoms with E-state index in [-0.39, 0.29) is 9.09 Å². The summed E-state index contributed by atoms with van der Waals surface area (Å²) in [6.07, 6.45) is 1.65. The fourth-order valence-electron chi connectivity index (χ4n) is 1.25. The van der Waals surface area contributed by atoms with Crippen molar-refractivity contribution in [1.29, 1.82) is 0 Å². The number of rotatable bonds is 6. The number of unbranched alkanes of at least 4 members (excludes halogenated alkanes) is 1. The van der Waals surface area contributed by atoms with Crippen molar-refractivity contribution in [3.8, 4) is 0 Å². The molecule has 0 spiro atoms. The summed E-state index contributed by atoms with van der Waals surface area (Å²) in [5.74, 6) is -1.09. The minimum atomic E-state index is -3.56. The Morgan fingerprint density at radius 1 is 1.53 bits per heavy atom. The van der Waals surface area contributed by atoms with Crippen LogP contribution in [-0.4, -0.2) is 26.0 Å². The van der Waals surface area contributed by atoms with Crippen LogP contribution in [0.3, 0.4) is 0 Å². The number of aryl methyl sites for hydroxylation is 1. The molecule has 0 unspecified atom stereocenters. The first-order chi connectivity index (χ1) is 7.88. The lowest BCUT2D eigenvalue weighted by atomic mass is 10.3. The van der Waals surface area contributed by atoms with Crippen LogP contribution in [0.15, 0.2) is 10.3 Å². The molecule has 1 rings (SSSR count). The number of hydrogen-bond acceptors (Lipinski definition) is 4. The highest BCUT2D eigenvalue weighted by atomic mass is 32.2. The van der Waals surface area contributed by atoms with Crippen LogP contribution >= 0.6 is 11.3 Å². The molecule has 5 nitrogen and oxygen atoms in total. The van der Waals surface area contributed by atoms with Crippen LogP contribution in [-0.2, 0) is 10.0 Å². The largest absolute Gasteiger partial charge is 0.477 e. The van der Waals surface area contributed by atoms with Crippen LogP contribution in [0.25, 0.3) is 0 Å². The van der Waals surface area contributed by atoms with E-state index >= 15 is 0 Å². The Hall–Kier alpha value is -0.920. The molecule has 1 heterocycles. The summed E-state index contributed by atoms with van der Waals surface area (Å²) in [4.78, 5) is 10.9. The Labute approximate surface area is 105 Å². The van der Waals surface area contributed by atoms with E-state index in [9.17, 15) is 13.2 Å². The second-order valence-corrected chi connectivity index (χ2v) is 6.68. The average molecular weight is 277 g/mol. The smallest absolute Gasteiger partial charge is 0.346 e. The molecular weight excluding hydrogens is 262 g/mol. The first-order valence-electron chi connectivity index (χ1n) is 5.22. The summed E-state index contributed by atoms with van der Waals surface area (Å²) in [7, 11) is -3.56. The van der Waals surface area contributed by atoms with Crippen molar-refractivity contribution in [2.24, 2.45) is 0 Å². The Morgan fingerprint density at radius 2 is 2.18 bits per heavy atom. The highest BCUT2D eigenvalue weighted by Crippen LogP contribution is 2.25. The predicted octanol–water partition coefficient (Wildman–Crippen LogP) is 1.83. The number of carbonyl (C=O) groups is 1. The van der Waals surface area contributed by atoms with Gasteiger partial charge in [-0.1, -0.05) is 13.3 Å². The molecule has 0 atom stereocenters. The summed E-state index contributed by atoms with van der Waals surface area (Å²) < 4.78 is 26.1. The van der Waals surface area contributed by atoms with Crippen molar-refractivity contribution in [1.82, 2.24) is 4.72 Å². The van der Waals surface area contributed by atoms with Crippen molar-refractivity contribution >= 4 is 27.3 Å². The summed E-state index contributed by atoms with van der Waals surface area (Å²) in [5.41, 5.74) is 0.471. The zero-order chi connectivity index (χ0) is 13.1. The SMILES string of the molecule is CCCCNS(=O)(=O)c1cc(C)c(C(=O)O)s1. The van der Waals surface area contributed by atoms with Gasteiger partial charge in [0.25, 0.3) is 0 Å². The van der Waals surface area contributed by atoms with Crippen molar-refractivity contribution in [3.05, 3.63) is 16.5 Å². The number of aromatic carboxylic acids is 1. The molecule has 96 valence electrons. The molecule has 7 heteroatoms. The second-order valence-electron chi connectivity index (χ2n) is 3.63. The van der Waals surface area contributed by atoms with Crippen molar-refractivity contribution in [2.75, 3.05) is 6.54 Å². The zero-order valence-corrected chi connectivity index (χ0v) is 11.3. The first kappa shape index (κ1) is 14.1. The molecule has 2 N–H and O–H groups in total. The Bertz CT molecular complexity index is 504. The van der Waals surface area contributed by atoms with Crippen LogP contribution in [0.1, 0.15) is 35.0 Å². The fourth-order valence-corrected chi connectivity index (χ4v) is 3.75.